The standard InChI is InChI=1S/C24H20F3N5O3/c1-12-17(19-18(22(28)33)15-5-3-4-6-16(15)30-20(19)23(29)34)21(24(25,26)27)31-32(12)11-13-7-9-14(35-2)10-8-13/h3-10H,11H2,1-2H3,(H2,28,33)(H2,29,34). The predicted molar refractivity (Wildman–Crippen MR) is 122 cm³/mol. The van der Waals surface area contributed by atoms with Gasteiger partial charge in [-0.2, -0.15) is 18.3 Å². The number of fused-ring (bicyclic) bond motifs is 1. The highest BCUT2D eigenvalue weighted by molar-refractivity contribution is 6.15. The minimum Gasteiger partial charge on any atom is -0.497 e. The van der Waals surface area contributed by atoms with Crippen LogP contribution in [-0.4, -0.2) is 33.7 Å². The van der Waals surface area contributed by atoms with Gasteiger partial charge in [-0.1, -0.05) is 30.3 Å². The maximum absolute atomic E-state index is 14.2. The van der Waals surface area contributed by atoms with E-state index in [0.29, 0.717) is 11.3 Å². The monoisotopic (exact) mass is 483 g/mol. The molecule has 35 heavy (non-hydrogen) atoms. The summed E-state index contributed by atoms with van der Waals surface area (Å²) < 4.78 is 48.9. The third-order valence-corrected chi connectivity index (χ3v) is 5.59. The van der Waals surface area contributed by atoms with Gasteiger partial charge in [0.05, 0.1) is 24.7 Å². The molecule has 2 amide bonds. The summed E-state index contributed by atoms with van der Waals surface area (Å²) in [6.45, 7) is 1.39. The number of methoxy groups -OCH3 is 1. The minimum atomic E-state index is -4.92. The topological polar surface area (TPSA) is 126 Å². The van der Waals surface area contributed by atoms with Crippen LogP contribution in [0.25, 0.3) is 22.0 Å². The van der Waals surface area contributed by atoms with Crippen LogP contribution in [0.1, 0.15) is 37.8 Å². The summed E-state index contributed by atoms with van der Waals surface area (Å²) in [5.74, 6) is -1.55. The molecule has 2 aromatic heterocycles. The molecule has 2 aromatic carbocycles. The lowest BCUT2D eigenvalue weighted by atomic mass is 9.92. The van der Waals surface area contributed by atoms with Gasteiger partial charge in [-0.3, -0.25) is 14.3 Å². The van der Waals surface area contributed by atoms with E-state index in [-0.39, 0.29) is 28.7 Å². The molecule has 4 N–H and O–H groups in total. The molecule has 0 unspecified atom stereocenters. The number of ether oxygens (including phenoxy) is 1. The van der Waals surface area contributed by atoms with E-state index in [2.05, 4.69) is 10.1 Å². The van der Waals surface area contributed by atoms with E-state index < -0.39 is 40.5 Å². The Balaban J connectivity index is 2.04. The Morgan fingerprint density at radius 2 is 1.66 bits per heavy atom. The van der Waals surface area contributed by atoms with Crippen molar-refractivity contribution in [1.29, 1.82) is 0 Å². The van der Waals surface area contributed by atoms with Crippen LogP contribution >= 0.6 is 0 Å². The van der Waals surface area contributed by atoms with Crippen LogP contribution in [0.2, 0.25) is 0 Å². The van der Waals surface area contributed by atoms with Crippen molar-refractivity contribution < 1.29 is 27.5 Å². The zero-order valence-corrected chi connectivity index (χ0v) is 18.7. The van der Waals surface area contributed by atoms with E-state index in [1.807, 2.05) is 0 Å². The van der Waals surface area contributed by atoms with Crippen LogP contribution in [0.3, 0.4) is 0 Å². The van der Waals surface area contributed by atoms with Gasteiger partial charge in [-0.05, 0) is 30.7 Å². The summed E-state index contributed by atoms with van der Waals surface area (Å²) in [6, 6.07) is 12.9. The number of alkyl halides is 3. The SMILES string of the molecule is COc1ccc(Cn2nc(C(F)(F)F)c(-c3c(C(N)=O)nc4ccccc4c3C(N)=O)c2C)cc1. The fraction of sp³-hybridized carbons (Fsp3) is 0.167. The third kappa shape index (κ3) is 4.27. The normalized spacial score (nSPS) is 11.6. The first-order valence-corrected chi connectivity index (χ1v) is 10.3. The van der Waals surface area contributed by atoms with Crippen LogP contribution in [0.15, 0.2) is 48.5 Å². The van der Waals surface area contributed by atoms with Crippen molar-refractivity contribution in [3.63, 3.8) is 0 Å². The highest BCUT2D eigenvalue weighted by Crippen LogP contribution is 2.42. The van der Waals surface area contributed by atoms with Crippen LogP contribution in [0.4, 0.5) is 13.2 Å². The fourth-order valence-corrected chi connectivity index (χ4v) is 3.99. The van der Waals surface area contributed by atoms with Crippen LogP contribution in [0, 0.1) is 6.92 Å². The predicted octanol–water partition coefficient (Wildman–Crippen LogP) is 3.68. The van der Waals surface area contributed by atoms with Gasteiger partial charge in [0.15, 0.2) is 5.69 Å². The summed E-state index contributed by atoms with van der Waals surface area (Å²) in [7, 11) is 1.50. The second-order valence-corrected chi connectivity index (χ2v) is 7.77. The smallest absolute Gasteiger partial charge is 0.435 e. The molecule has 180 valence electrons. The fourth-order valence-electron chi connectivity index (χ4n) is 3.99. The Bertz CT molecular complexity index is 1460. The molecule has 0 bridgehead atoms. The Morgan fingerprint density at radius 1 is 1.00 bits per heavy atom. The van der Waals surface area contributed by atoms with Gasteiger partial charge >= 0.3 is 6.18 Å². The summed E-state index contributed by atoms with van der Waals surface area (Å²) in [4.78, 5) is 29.0. The minimum absolute atomic E-state index is 0.0161. The average molecular weight is 483 g/mol. The molecule has 0 aliphatic rings. The van der Waals surface area contributed by atoms with E-state index >= 15 is 0 Å². The van der Waals surface area contributed by atoms with E-state index in [4.69, 9.17) is 16.2 Å². The Kier molecular flexibility index (Phi) is 5.93. The molecule has 8 nitrogen and oxygen atoms in total. The molecule has 0 atom stereocenters. The number of aromatic nitrogens is 3. The average Bonchev–Trinajstić information content (AvgIpc) is 3.14. The van der Waals surface area contributed by atoms with E-state index in [9.17, 15) is 22.8 Å². The number of rotatable bonds is 6. The van der Waals surface area contributed by atoms with Gasteiger partial charge in [-0.25, -0.2) is 4.98 Å². The molecule has 2 heterocycles. The van der Waals surface area contributed by atoms with Gasteiger partial charge in [0.25, 0.3) is 5.91 Å². The van der Waals surface area contributed by atoms with Crippen molar-refractivity contribution in [2.45, 2.75) is 19.6 Å². The molecule has 0 saturated heterocycles. The Morgan fingerprint density at radius 3 is 2.23 bits per heavy atom. The molecular formula is C24H20F3N5O3. The van der Waals surface area contributed by atoms with Crippen LogP contribution < -0.4 is 16.2 Å². The van der Waals surface area contributed by atoms with Gasteiger partial charge in [0.1, 0.15) is 11.4 Å². The highest BCUT2D eigenvalue weighted by atomic mass is 19.4. The molecule has 0 fully saturated rings. The lowest BCUT2D eigenvalue weighted by molar-refractivity contribution is -0.141. The van der Waals surface area contributed by atoms with Crippen molar-refractivity contribution in [3.05, 3.63) is 76.7 Å². The van der Waals surface area contributed by atoms with Gasteiger partial charge in [0, 0.05) is 22.2 Å². The van der Waals surface area contributed by atoms with Crippen molar-refractivity contribution in [2.75, 3.05) is 7.11 Å². The van der Waals surface area contributed by atoms with Gasteiger partial charge in [-0.15, -0.1) is 0 Å². The summed E-state index contributed by atoms with van der Waals surface area (Å²) in [5, 5.41) is 3.99. The van der Waals surface area contributed by atoms with Crippen LogP contribution in [-0.2, 0) is 12.7 Å². The Labute approximate surface area is 197 Å². The molecule has 0 radical (unpaired) electrons. The number of nitrogens with zero attached hydrogens (tertiary/aromatic N) is 3. The zero-order valence-electron chi connectivity index (χ0n) is 18.7. The molecule has 4 rings (SSSR count). The first-order chi connectivity index (χ1) is 16.5. The molecule has 11 heteroatoms. The van der Waals surface area contributed by atoms with Crippen molar-refractivity contribution in [1.82, 2.24) is 14.8 Å². The number of nitrogens with two attached hydrogens (primary N) is 2. The highest BCUT2D eigenvalue weighted by Gasteiger charge is 2.41. The molecule has 4 aromatic rings. The molecule has 0 saturated carbocycles. The number of benzene rings is 2. The number of hydrogen-bond acceptors (Lipinski definition) is 5. The van der Waals surface area contributed by atoms with E-state index in [0.717, 1.165) is 4.68 Å². The second-order valence-electron chi connectivity index (χ2n) is 7.77. The number of primary amides is 2. The van der Waals surface area contributed by atoms with Crippen molar-refractivity contribution in [2.24, 2.45) is 11.5 Å². The van der Waals surface area contributed by atoms with E-state index in [1.54, 1.807) is 36.4 Å². The number of amides is 2. The molecule has 0 aliphatic heterocycles. The lowest BCUT2D eigenvalue weighted by Gasteiger charge is -2.16. The number of carbonyl (C=O) groups excluding carboxylic acids is 2. The summed E-state index contributed by atoms with van der Waals surface area (Å²) in [5.41, 5.74) is 9.06. The van der Waals surface area contributed by atoms with E-state index in [1.165, 1.54) is 26.2 Å². The first-order valence-electron chi connectivity index (χ1n) is 10.3. The molecular weight excluding hydrogens is 463 g/mol. The number of para-hydroxylation sites is 1. The van der Waals surface area contributed by atoms with Crippen LogP contribution in [0.5, 0.6) is 5.75 Å². The maximum Gasteiger partial charge on any atom is 0.435 e. The number of hydrogen-bond donors (Lipinski definition) is 2. The first kappa shape index (κ1) is 23.7. The third-order valence-electron chi connectivity index (χ3n) is 5.59. The van der Waals surface area contributed by atoms with Crippen molar-refractivity contribution >= 4 is 22.7 Å². The summed E-state index contributed by atoms with van der Waals surface area (Å²) >= 11 is 0. The number of halogens is 3. The summed E-state index contributed by atoms with van der Waals surface area (Å²) in [6.07, 6.45) is -4.92. The lowest BCUT2D eigenvalue weighted by Crippen LogP contribution is -2.21. The number of carbonyl (C=O) groups is 2. The largest absolute Gasteiger partial charge is 0.497 e. The van der Waals surface area contributed by atoms with Gasteiger partial charge < -0.3 is 16.2 Å². The zero-order chi connectivity index (χ0) is 25.5. The van der Waals surface area contributed by atoms with Gasteiger partial charge in [0.2, 0.25) is 5.91 Å². The quantitative estimate of drug-likeness (QED) is 0.433. The number of pyridine rings is 1. The Hall–Kier alpha value is -4.41. The maximum atomic E-state index is 14.2. The van der Waals surface area contributed by atoms with Crippen molar-refractivity contribution in [3.8, 4) is 16.9 Å². The molecule has 0 spiro atoms. The molecule has 0 aliphatic carbocycles. The second kappa shape index (κ2) is 8.75.